The fourth-order valence-corrected chi connectivity index (χ4v) is 4.98. The van der Waals surface area contributed by atoms with E-state index in [1.54, 1.807) is 16.5 Å². The Morgan fingerprint density at radius 3 is 2.70 bits per heavy atom. The molecule has 0 radical (unpaired) electrons. The first kappa shape index (κ1) is 20.6. The molecule has 6 nitrogen and oxygen atoms in total. The molecule has 2 heterocycles. The zero-order chi connectivity index (χ0) is 21.5. The van der Waals surface area contributed by atoms with Gasteiger partial charge in [-0.2, -0.15) is 4.98 Å². The predicted octanol–water partition coefficient (Wildman–Crippen LogP) is 2.99. The number of hydrogen-bond acceptors (Lipinski definition) is 4. The summed E-state index contributed by atoms with van der Waals surface area (Å²) in [6, 6.07) is 7.98. The molecule has 1 fully saturated rings. The van der Waals surface area contributed by atoms with Gasteiger partial charge in [0.15, 0.2) is 5.69 Å². The third kappa shape index (κ3) is 3.40. The van der Waals surface area contributed by atoms with Crippen molar-refractivity contribution in [3.63, 3.8) is 0 Å². The van der Waals surface area contributed by atoms with E-state index in [2.05, 4.69) is 17.1 Å². The van der Waals surface area contributed by atoms with Crippen molar-refractivity contribution in [1.29, 1.82) is 0 Å². The lowest BCUT2D eigenvalue weighted by atomic mass is 9.75. The minimum absolute atomic E-state index is 0.0323. The summed E-state index contributed by atoms with van der Waals surface area (Å²) in [4.78, 5) is 31.0. The molecule has 1 N–H and O–H groups in total. The molecule has 1 atom stereocenters. The maximum atomic E-state index is 12.9. The number of aromatic hydroxyl groups is 1. The summed E-state index contributed by atoms with van der Waals surface area (Å²) in [6.07, 6.45) is 4.93. The van der Waals surface area contributed by atoms with E-state index in [9.17, 15) is 19.1 Å². The van der Waals surface area contributed by atoms with Crippen LogP contribution in [0.25, 0.3) is 0 Å². The van der Waals surface area contributed by atoms with Gasteiger partial charge >= 0.3 is 5.56 Å². The number of rotatable bonds is 5. The number of carbonyl (C=O) groups is 1. The molecule has 0 unspecified atom stereocenters. The van der Waals surface area contributed by atoms with Crippen LogP contribution in [0.5, 0.6) is 5.75 Å². The molecule has 2 aromatic rings. The monoisotopic (exact) mass is 413 g/mol. The zero-order valence-corrected chi connectivity index (χ0v) is 17.5. The highest BCUT2D eigenvalue weighted by Gasteiger charge is 2.39. The zero-order valence-electron chi connectivity index (χ0n) is 17.5. The normalized spacial score (nSPS) is 20.4. The maximum absolute atomic E-state index is 12.9. The Balaban J connectivity index is 1.81. The summed E-state index contributed by atoms with van der Waals surface area (Å²) in [5.74, 6) is -0.399. The van der Waals surface area contributed by atoms with E-state index in [0.29, 0.717) is 25.2 Å². The first-order valence-electron chi connectivity index (χ1n) is 10.6. The topological polar surface area (TPSA) is 75.4 Å². The molecule has 160 valence electrons. The number of aromatic nitrogens is 2. The Labute approximate surface area is 175 Å². The lowest BCUT2D eigenvalue weighted by molar-refractivity contribution is 0.0660. The van der Waals surface area contributed by atoms with E-state index in [4.69, 9.17) is 0 Å². The Hall–Kier alpha value is -2.70. The molecular formula is C23H28FN3O3. The molecule has 1 aliphatic carbocycles. The van der Waals surface area contributed by atoms with Crippen molar-refractivity contribution in [1.82, 2.24) is 14.5 Å². The second-order valence-corrected chi connectivity index (χ2v) is 8.71. The molecule has 7 heteroatoms. The van der Waals surface area contributed by atoms with Crippen LogP contribution >= 0.6 is 0 Å². The van der Waals surface area contributed by atoms with Crippen LogP contribution in [-0.4, -0.2) is 45.2 Å². The third-order valence-corrected chi connectivity index (χ3v) is 6.85. The van der Waals surface area contributed by atoms with Gasteiger partial charge in [-0.05, 0) is 30.9 Å². The predicted molar refractivity (Wildman–Crippen MR) is 112 cm³/mol. The molecule has 1 saturated carbocycles. The van der Waals surface area contributed by atoms with Gasteiger partial charge in [-0.25, -0.2) is 0 Å². The molecule has 30 heavy (non-hydrogen) atoms. The van der Waals surface area contributed by atoms with E-state index in [-0.39, 0.29) is 23.1 Å². The van der Waals surface area contributed by atoms with Gasteiger partial charge < -0.3 is 14.6 Å². The lowest BCUT2D eigenvalue weighted by Gasteiger charge is -2.36. The van der Waals surface area contributed by atoms with Crippen molar-refractivity contribution < 1.29 is 14.3 Å². The highest BCUT2D eigenvalue weighted by molar-refractivity contribution is 5.95. The number of amides is 1. The average Bonchev–Trinajstić information content (AvgIpc) is 3.20. The van der Waals surface area contributed by atoms with Crippen LogP contribution in [0.3, 0.4) is 0 Å². The van der Waals surface area contributed by atoms with E-state index >= 15 is 0 Å². The minimum Gasteiger partial charge on any atom is -0.501 e. The summed E-state index contributed by atoms with van der Waals surface area (Å²) < 4.78 is 14.6. The first-order chi connectivity index (χ1) is 14.4. The van der Waals surface area contributed by atoms with Crippen LogP contribution < -0.4 is 5.56 Å². The van der Waals surface area contributed by atoms with Gasteiger partial charge in [0.2, 0.25) is 5.75 Å². The molecule has 1 aromatic carbocycles. The van der Waals surface area contributed by atoms with Crippen LogP contribution in [0.1, 0.15) is 60.0 Å². The smallest absolute Gasteiger partial charge is 0.315 e. The molecule has 1 aliphatic heterocycles. The largest absolute Gasteiger partial charge is 0.501 e. The molecule has 4 rings (SSSR count). The second kappa shape index (κ2) is 7.85. The van der Waals surface area contributed by atoms with Crippen molar-refractivity contribution in [2.45, 2.75) is 63.5 Å². The minimum atomic E-state index is -0.758. The van der Waals surface area contributed by atoms with Gasteiger partial charge in [0.25, 0.3) is 5.91 Å². The van der Waals surface area contributed by atoms with Crippen molar-refractivity contribution in [2.24, 2.45) is 0 Å². The van der Waals surface area contributed by atoms with Gasteiger partial charge in [-0.1, -0.05) is 37.1 Å². The average molecular weight is 413 g/mol. The van der Waals surface area contributed by atoms with Crippen molar-refractivity contribution in [3.8, 4) is 5.75 Å². The quantitative estimate of drug-likeness (QED) is 0.818. The molecule has 1 aromatic heterocycles. The van der Waals surface area contributed by atoms with E-state index in [1.807, 2.05) is 19.1 Å². The SMILES string of the molecule is C[C@H]1Cn2c(CC3(c4cccc(CCF)c4)CCCC3)nc(=O)c(O)c2C(=O)N1C. The molecular weight excluding hydrogens is 385 g/mol. The van der Waals surface area contributed by atoms with Gasteiger partial charge in [0, 0.05) is 37.9 Å². The summed E-state index contributed by atoms with van der Waals surface area (Å²) in [5.41, 5.74) is 1.16. The Morgan fingerprint density at radius 2 is 2.00 bits per heavy atom. The van der Waals surface area contributed by atoms with Crippen LogP contribution in [0, 0.1) is 0 Å². The summed E-state index contributed by atoms with van der Waals surface area (Å²) >= 11 is 0. The lowest BCUT2D eigenvalue weighted by Crippen LogP contribution is -2.47. The molecule has 0 saturated heterocycles. The number of halogens is 1. The number of likely N-dealkylation sites (N-methyl/N-ethyl adjacent to an activating group) is 1. The number of nitrogens with zero attached hydrogens (tertiary/aromatic N) is 3. The number of benzene rings is 1. The number of fused-ring (bicyclic) bond motifs is 1. The first-order valence-corrected chi connectivity index (χ1v) is 10.6. The summed E-state index contributed by atoms with van der Waals surface area (Å²) in [6.45, 7) is 2.02. The Bertz CT molecular complexity index is 1030. The van der Waals surface area contributed by atoms with Crippen LogP contribution in [0.4, 0.5) is 4.39 Å². The standard InChI is InChI=1S/C23H28FN3O3/c1-15-14-27-18(25-21(29)20(28)19(27)22(30)26(15)2)13-23(9-3-4-10-23)17-7-5-6-16(12-17)8-11-24/h5-7,12,15,28H,3-4,8-11,13-14H2,1-2H3/t15-/m0/s1. The summed E-state index contributed by atoms with van der Waals surface area (Å²) in [5, 5.41) is 10.3. The maximum Gasteiger partial charge on any atom is 0.315 e. The van der Waals surface area contributed by atoms with Gasteiger partial charge in [-0.15, -0.1) is 0 Å². The van der Waals surface area contributed by atoms with E-state index < -0.39 is 18.0 Å². The highest BCUT2D eigenvalue weighted by atomic mass is 19.1. The van der Waals surface area contributed by atoms with Crippen LogP contribution in [0.15, 0.2) is 29.1 Å². The van der Waals surface area contributed by atoms with Gasteiger partial charge in [-0.3, -0.25) is 14.0 Å². The number of aryl methyl sites for hydroxylation is 1. The Kier molecular flexibility index (Phi) is 5.38. The van der Waals surface area contributed by atoms with Gasteiger partial charge in [0.05, 0.1) is 6.67 Å². The van der Waals surface area contributed by atoms with Gasteiger partial charge in [0.1, 0.15) is 5.82 Å². The summed E-state index contributed by atoms with van der Waals surface area (Å²) in [7, 11) is 1.68. The number of carbonyl (C=O) groups excluding carboxylic acids is 1. The number of hydrogen-bond donors (Lipinski definition) is 1. The second-order valence-electron chi connectivity index (χ2n) is 8.71. The highest BCUT2D eigenvalue weighted by Crippen LogP contribution is 2.44. The fourth-order valence-electron chi connectivity index (χ4n) is 4.98. The van der Waals surface area contributed by atoms with Crippen molar-refractivity contribution >= 4 is 5.91 Å². The third-order valence-electron chi connectivity index (χ3n) is 6.85. The number of alkyl halides is 1. The van der Waals surface area contributed by atoms with E-state index in [0.717, 1.165) is 36.8 Å². The molecule has 0 spiro atoms. The Morgan fingerprint density at radius 1 is 1.27 bits per heavy atom. The molecule has 0 bridgehead atoms. The van der Waals surface area contributed by atoms with Crippen LogP contribution in [0.2, 0.25) is 0 Å². The van der Waals surface area contributed by atoms with Crippen molar-refractivity contribution in [2.75, 3.05) is 13.7 Å². The van der Waals surface area contributed by atoms with Crippen LogP contribution in [-0.2, 0) is 24.8 Å². The molecule has 2 aliphatic rings. The molecule has 1 amide bonds. The van der Waals surface area contributed by atoms with E-state index in [1.165, 1.54) is 0 Å². The fraction of sp³-hybridized carbons (Fsp3) is 0.522. The van der Waals surface area contributed by atoms with Crippen molar-refractivity contribution in [3.05, 3.63) is 57.3 Å².